The van der Waals surface area contributed by atoms with Crippen LogP contribution in [0.25, 0.3) is 0 Å². The van der Waals surface area contributed by atoms with Gasteiger partial charge in [0.2, 0.25) is 0 Å². The van der Waals surface area contributed by atoms with E-state index < -0.39 is 0 Å². The fraction of sp³-hybridized carbons (Fsp3) is 0.286. The van der Waals surface area contributed by atoms with Crippen molar-refractivity contribution >= 4 is 27.5 Å². The van der Waals surface area contributed by atoms with Crippen LogP contribution in [0, 0.1) is 5.82 Å². The summed E-state index contributed by atoms with van der Waals surface area (Å²) in [6, 6.07) is 7.87. The van der Waals surface area contributed by atoms with Crippen LogP contribution < -0.4 is 5.32 Å². The van der Waals surface area contributed by atoms with Crippen LogP contribution >= 0.6 is 27.5 Å². The van der Waals surface area contributed by atoms with Crippen molar-refractivity contribution in [1.29, 1.82) is 0 Å². The Balaban J connectivity index is 2.42. The molecule has 0 aliphatic heterocycles. The maximum Gasteiger partial charge on any atom is 0.169 e. The Bertz CT molecular complexity index is 538. The summed E-state index contributed by atoms with van der Waals surface area (Å²) in [5.74, 6) is 0.293. The van der Waals surface area contributed by atoms with Crippen LogP contribution in [-0.2, 0) is 0 Å². The molecule has 0 saturated carbocycles. The van der Waals surface area contributed by atoms with Crippen LogP contribution in [0.2, 0.25) is 5.02 Å². The zero-order valence-corrected chi connectivity index (χ0v) is 12.8. The summed E-state index contributed by atoms with van der Waals surface area (Å²) >= 11 is 9.38. The Kier molecular flexibility index (Phi) is 5.02. The van der Waals surface area contributed by atoms with Gasteiger partial charge in [0.1, 0.15) is 11.6 Å². The van der Waals surface area contributed by atoms with E-state index in [2.05, 4.69) is 21.2 Å². The summed E-state index contributed by atoms with van der Waals surface area (Å²) in [4.78, 5) is 0. The van der Waals surface area contributed by atoms with Crippen molar-refractivity contribution in [1.82, 2.24) is 5.32 Å². The Morgan fingerprint density at radius 1 is 1.37 bits per heavy atom. The summed E-state index contributed by atoms with van der Waals surface area (Å²) in [5, 5.41) is 3.65. The van der Waals surface area contributed by atoms with Gasteiger partial charge in [-0.05, 0) is 53.2 Å². The SMILES string of the molecule is CCCNC(c1ccc(Br)o1)c1c(F)cccc1Cl. The highest BCUT2D eigenvalue weighted by atomic mass is 79.9. The van der Waals surface area contributed by atoms with Gasteiger partial charge < -0.3 is 9.73 Å². The molecule has 1 unspecified atom stereocenters. The lowest BCUT2D eigenvalue weighted by Crippen LogP contribution is -2.24. The number of nitrogens with one attached hydrogen (secondary N) is 1. The third-order valence-corrected chi connectivity index (χ3v) is 3.52. The fourth-order valence-corrected chi connectivity index (χ4v) is 2.49. The van der Waals surface area contributed by atoms with Crippen LogP contribution in [0.5, 0.6) is 0 Å². The molecule has 2 rings (SSSR count). The Morgan fingerprint density at radius 3 is 2.74 bits per heavy atom. The molecular weight excluding hydrogens is 333 g/mol. The first-order valence-corrected chi connectivity index (χ1v) is 7.23. The lowest BCUT2D eigenvalue weighted by molar-refractivity contribution is 0.424. The molecule has 0 aliphatic carbocycles. The van der Waals surface area contributed by atoms with E-state index >= 15 is 0 Å². The zero-order valence-electron chi connectivity index (χ0n) is 10.4. The highest BCUT2D eigenvalue weighted by Gasteiger charge is 2.23. The van der Waals surface area contributed by atoms with Gasteiger partial charge in [-0.2, -0.15) is 0 Å². The van der Waals surface area contributed by atoms with Crippen molar-refractivity contribution in [3.05, 3.63) is 57.2 Å². The topological polar surface area (TPSA) is 25.2 Å². The molecular formula is C14H14BrClFNO. The van der Waals surface area contributed by atoms with E-state index in [-0.39, 0.29) is 11.9 Å². The monoisotopic (exact) mass is 345 g/mol. The van der Waals surface area contributed by atoms with Crippen molar-refractivity contribution in [3.8, 4) is 0 Å². The highest BCUT2D eigenvalue weighted by molar-refractivity contribution is 9.10. The van der Waals surface area contributed by atoms with Crippen LogP contribution in [0.15, 0.2) is 39.4 Å². The molecule has 0 amide bonds. The molecule has 19 heavy (non-hydrogen) atoms. The number of furan rings is 1. The molecule has 102 valence electrons. The van der Waals surface area contributed by atoms with Crippen molar-refractivity contribution in [3.63, 3.8) is 0 Å². The standard InChI is InChI=1S/C14H14BrClFNO/c1-2-8-18-14(11-6-7-12(15)19-11)13-9(16)4-3-5-10(13)17/h3-7,14,18H,2,8H2,1H3. The predicted octanol–water partition coefficient (Wildman–Crippen LogP) is 4.92. The lowest BCUT2D eigenvalue weighted by Gasteiger charge is -2.18. The molecule has 1 N–H and O–H groups in total. The van der Waals surface area contributed by atoms with E-state index in [9.17, 15) is 4.39 Å². The van der Waals surface area contributed by atoms with Gasteiger partial charge in [0, 0.05) is 10.6 Å². The van der Waals surface area contributed by atoms with Gasteiger partial charge in [-0.3, -0.25) is 0 Å². The summed E-state index contributed by atoms with van der Waals surface area (Å²) < 4.78 is 20.2. The normalized spacial score (nSPS) is 12.6. The van der Waals surface area contributed by atoms with Crippen LogP contribution in [0.4, 0.5) is 4.39 Å². The van der Waals surface area contributed by atoms with E-state index in [0.29, 0.717) is 21.0 Å². The maximum atomic E-state index is 14.0. The molecule has 2 aromatic rings. The minimum atomic E-state index is -0.389. The van der Waals surface area contributed by atoms with Gasteiger partial charge in [0.15, 0.2) is 4.67 Å². The van der Waals surface area contributed by atoms with Crippen LogP contribution in [-0.4, -0.2) is 6.54 Å². The molecule has 1 heterocycles. The molecule has 1 atom stereocenters. The minimum Gasteiger partial charge on any atom is -0.452 e. The zero-order chi connectivity index (χ0) is 13.8. The van der Waals surface area contributed by atoms with Gasteiger partial charge >= 0.3 is 0 Å². The number of hydrogen-bond donors (Lipinski definition) is 1. The van der Waals surface area contributed by atoms with Crippen molar-refractivity contribution in [2.45, 2.75) is 19.4 Å². The number of rotatable bonds is 5. The Hall–Kier alpha value is -0.840. The summed E-state index contributed by atoms with van der Waals surface area (Å²) in [6.07, 6.45) is 0.935. The average molecular weight is 347 g/mol. The first kappa shape index (κ1) is 14.6. The largest absolute Gasteiger partial charge is 0.452 e. The van der Waals surface area contributed by atoms with Crippen molar-refractivity contribution in [2.24, 2.45) is 0 Å². The molecule has 0 fully saturated rings. The van der Waals surface area contributed by atoms with Gasteiger partial charge in [0.05, 0.1) is 6.04 Å². The molecule has 5 heteroatoms. The van der Waals surface area contributed by atoms with Crippen molar-refractivity contribution in [2.75, 3.05) is 6.54 Å². The smallest absolute Gasteiger partial charge is 0.169 e. The molecule has 1 aromatic heterocycles. The van der Waals surface area contributed by atoms with Gasteiger partial charge in [-0.15, -0.1) is 0 Å². The van der Waals surface area contributed by atoms with Gasteiger partial charge in [-0.1, -0.05) is 24.6 Å². The number of benzene rings is 1. The van der Waals surface area contributed by atoms with Crippen LogP contribution in [0.1, 0.15) is 30.7 Å². The first-order valence-electron chi connectivity index (χ1n) is 6.06. The highest BCUT2D eigenvalue weighted by Crippen LogP contribution is 2.32. The Labute approximate surface area is 125 Å². The second-order valence-electron chi connectivity index (χ2n) is 4.16. The third-order valence-electron chi connectivity index (χ3n) is 2.77. The van der Waals surface area contributed by atoms with E-state index in [1.54, 1.807) is 24.3 Å². The quantitative estimate of drug-likeness (QED) is 0.831. The van der Waals surface area contributed by atoms with Crippen LogP contribution in [0.3, 0.4) is 0 Å². The van der Waals surface area contributed by atoms with Crippen molar-refractivity contribution < 1.29 is 8.81 Å². The summed E-state index contributed by atoms with van der Waals surface area (Å²) in [6.45, 7) is 2.79. The van der Waals surface area contributed by atoms with Gasteiger partial charge in [-0.25, -0.2) is 4.39 Å². The third kappa shape index (κ3) is 3.38. The summed E-state index contributed by atoms with van der Waals surface area (Å²) in [5.41, 5.74) is 0.416. The van der Waals surface area contributed by atoms with E-state index in [1.807, 2.05) is 6.92 Å². The van der Waals surface area contributed by atoms with Gasteiger partial charge in [0.25, 0.3) is 0 Å². The lowest BCUT2D eigenvalue weighted by atomic mass is 10.0. The number of halogens is 3. The molecule has 2 nitrogen and oxygen atoms in total. The summed E-state index contributed by atoms with van der Waals surface area (Å²) in [7, 11) is 0. The first-order chi connectivity index (χ1) is 9.13. The molecule has 0 spiro atoms. The predicted molar refractivity (Wildman–Crippen MR) is 78.0 cm³/mol. The van der Waals surface area contributed by atoms with E-state index in [1.165, 1.54) is 6.07 Å². The van der Waals surface area contributed by atoms with E-state index in [0.717, 1.165) is 13.0 Å². The average Bonchev–Trinajstić information content (AvgIpc) is 2.79. The molecule has 0 bridgehead atoms. The maximum absolute atomic E-state index is 14.0. The minimum absolute atomic E-state index is 0.339. The molecule has 0 saturated heterocycles. The second-order valence-corrected chi connectivity index (χ2v) is 5.35. The fourth-order valence-electron chi connectivity index (χ4n) is 1.90. The Morgan fingerprint density at radius 2 is 2.16 bits per heavy atom. The van der Waals surface area contributed by atoms with E-state index in [4.69, 9.17) is 16.0 Å². The number of hydrogen-bond acceptors (Lipinski definition) is 2. The molecule has 0 radical (unpaired) electrons. The second kappa shape index (κ2) is 6.55. The molecule has 1 aromatic carbocycles. The molecule has 0 aliphatic rings.